The summed E-state index contributed by atoms with van der Waals surface area (Å²) in [6.07, 6.45) is 2.52. The van der Waals surface area contributed by atoms with E-state index in [9.17, 15) is 9.90 Å². The molecular formula is C25H26IN3O3. The maximum Gasteiger partial charge on any atom is 0.252 e. The Morgan fingerprint density at radius 2 is 1.97 bits per heavy atom. The molecule has 3 aromatic rings. The third-order valence-electron chi connectivity index (χ3n) is 6.49. The van der Waals surface area contributed by atoms with E-state index in [0.717, 1.165) is 60.3 Å². The number of alkyl halides is 1. The lowest BCUT2D eigenvalue weighted by atomic mass is 9.85. The number of hydrogen-bond donors (Lipinski definition) is 2. The Balaban J connectivity index is 1.35. The van der Waals surface area contributed by atoms with Gasteiger partial charge in [-0.1, -0.05) is 18.2 Å². The molecule has 0 bridgehead atoms. The largest absolute Gasteiger partial charge is 0.483 e. The number of nitrogens with zero attached hydrogens (tertiary/aromatic N) is 2. The van der Waals surface area contributed by atoms with Crippen LogP contribution in [0.5, 0.6) is 5.75 Å². The number of aliphatic hydroxyl groups excluding tert-OH is 1. The van der Waals surface area contributed by atoms with Crippen molar-refractivity contribution >= 4 is 39.4 Å². The van der Waals surface area contributed by atoms with E-state index in [4.69, 9.17) is 9.72 Å². The predicted molar refractivity (Wildman–Crippen MR) is 133 cm³/mol. The van der Waals surface area contributed by atoms with Crippen molar-refractivity contribution in [2.45, 2.75) is 37.5 Å². The first-order valence-electron chi connectivity index (χ1n) is 11.0. The summed E-state index contributed by atoms with van der Waals surface area (Å²) < 4.78 is 6.12. The number of ether oxygens (including phenoxy) is 1. The Morgan fingerprint density at radius 1 is 1.19 bits per heavy atom. The van der Waals surface area contributed by atoms with Gasteiger partial charge in [-0.2, -0.15) is 0 Å². The van der Waals surface area contributed by atoms with E-state index in [2.05, 4.69) is 32.8 Å². The van der Waals surface area contributed by atoms with Gasteiger partial charge in [0.15, 0.2) is 0 Å². The zero-order valence-electron chi connectivity index (χ0n) is 17.7. The van der Waals surface area contributed by atoms with Crippen molar-refractivity contribution < 1.29 is 14.6 Å². The molecule has 0 spiro atoms. The standard InChI is InChI=1S/C25H26IN3O3/c26-15-32-20-7-5-16(6-8-20)24-13-22(21-3-1-2-4-23(21)28-24)25(31)27-17-11-18(12-17)29-10-9-19(30)14-29/h1-8,13,17-19,30H,9-12,14-15H2,(H,27,31)/t17?,18?,19-/m0/s1. The van der Waals surface area contributed by atoms with Crippen LogP contribution in [-0.2, 0) is 0 Å². The highest BCUT2D eigenvalue weighted by Crippen LogP contribution is 2.30. The van der Waals surface area contributed by atoms with E-state index in [1.54, 1.807) is 0 Å². The smallest absolute Gasteiger partial charge is 0.252 e. The van der Waals surface area contributed by atoms with Gasteiger partial charge in [0.2, 0.25) is 0 Å². The van der Waals surface area contributed by atoms with E-state index in [1.165, 1.54) is 0 Å². The molecule has 1 aliphatic carbocycles. The van der Waals surface area contributed by atoms with Crippen LogP contribution >= 0.6 is 22.6 Å². The summed E-state index contributed by atoms with van der Waals surface area (Å²) in [6, 6.07) is 18.1. The first-order valence-corrected chi connectivity index (χ1v) is 12.6. The molecule has 2 aromatic carbocycles. The van der Waals surface area contributed by atoms with Gasteiger partial charge in [0, 0.05) is 36.1 Å². The van der Waals surface area contributed by atoms with Crippen LogP contribution in [0.15, 0.2) is 54.6 Å². The number of aliphatic hydroxyl groups is 1. The van der Waals surface area contributed by atoms with Gasteiger partial charge in [-0.15, -0.1) is 0 Å². The Labute approximate surface area is 201 Å². The summed E-state index contributed by atoms with van der Waals surface area (Å²) >= 11 is 2.17. The van der Waals surface area contributed by atoms with Crippen molar-refractivity contribution in [3.63, 3.8) is 0 Å². The van der Waals surface area contributed by atoms with E-state index < -0.39 is 0 Å². The SMILES string of the molecule is O=C(NC1CC(N2CC[C@H](O)C2)C1)c1cc(-c2ccc(OCI)cc2)nc2ccccc12. The maximum atomic E-state index is 13.3. The number of amides is 1. The van der Waals surface area contributed by atoms with Crippen LogP contribution in [0.3, 0.4) is 0 Å². The summed E-state index contributed by atoms with van der Waals surface area (Å²) in [7, 11) is 0. The zero-order valence-corrected chi connectivity index (χ0v) is 19.9. The molecule has 6 nitrogen and oxygen atoms in total. The monoisotopic (exact) mass is 543 g/mol. The van der Waals surface area contributed by atoms with Crippen molar-refractivity contribution in [3.8, 4) is 17.0 Å². The van der Waals surface area contributed by atoms with E-state index >= 15 is 0 Å². The first kappa shape index (κ1) is 21.6. The van der Waals surface area contributed by atoms with Crippen molar-refractivity contribution in [2.24, 2.45) is 0 Å². The number of nitrogens with one attached hydrogen (secondary N) is 1. The average molecular weight is 543 g/mol. The quantitative estimate of drug-likeness (QED) is 0.363. The number of benzene rings is 2. The molecule has 1 amide bonds. The van der Waals surface area contributed by atoms with Crippen LogP contribution in [0.4, 0.5) is 0 Å². The molecule has 2 N–H and O–H groups in total. The van der Waals surface area contributed by atoms with Crippen molar-refractivity contribution in [1.29, 1.82) is 0 Å². The van der Waals surface area contributed by atoms with Crippen LogP contribution in [0, 0.1) is 0 Å². The molecule has 5 rings (SSSR count). The Hall–Kier alpha value is -2.23. The number of likely N-dealkylation sites (tertiary alicyclic amines) is 1. The lowest BCUT2D eigenvalue weighted by molar-refractivity contribution is 0.0777. The van der Waals surface area contributed by atoms with Crippen LogP contribution in [-0.4, -0.2) is 56.8 Å². The van der Waals surface area contributed by atoms with Gasteiger partial charge >= 0.3 is 0 Å². The number of halogens is 1. The molecule has 1 saturated carbocycles. The highest BCUT2D eigenvalue weighted by atomic mass is 127. The number of aromatic nitrogens is 1. The van der Waals surface area contributed by atoms with Gasteiger partial charge in [-0.05, 0) is 78.3 Å². The third-order valence-corrected chi connectivity index (χ3v) is 6.80. The molecule has 1 aromatic heterocycles. The van der Waals surface area contributed by atoms with Gasteiger partial charge < -0.3 is 15.2 Å². The Morgan fingerprint density at radius 3 is 2.69 bits per heavy atom. The minimum absolute atomic E-state index is 0.0559. The highest BCUT2D eigenvalue weighted by Gasteiger charge is 2.37. The van der Waals surface area contributed by atoms with Crippen molar-refractivity contribution in [3.05, 3.63) is 60.2 Å². The van der Waals surface area contributed by atoms with Gasteiger partial charge in [-0.3, -0.25) is 9.69 Å². The molecule has 2 fully saturated rings. The third kappa shape index (κ3) is 4.46. The number of carbonyl (C=O) groups is 1. The second kappa shape index (κ2) is 9.33. The molecule has 32 heavy (non-hydrogen) atoms. The van der Waals surface area contributed by atoms with Crippen LogP contribution in [0.25, 0.3) is 22.2 Å². The normalized spacial score (nSPS) is 23.1. The summed E-state index contributed by atoms with van der Waals surface area (Å²) in [6.45, 7) is 1.71. The number of pyridine rings is 1. The fourth-order valence-corrected chi connectivity index (χ4v) is 5.02. The van der Waals surface area contributed by atoms with Crippen molar-refractivity contribution in [2.75, 3.05) is 17.7 Å². The van der Waals surface area contributed by atoms with Crippen LogP contribution < -0.4 is 10.1 Å². The van der Waals surface area contributed by atoms with E-state index in [1.807, 2.05) is 54.6 Å². The fraction of sp³-hybridized carbons (Fsp3) is 0.360. The second-order valence-electron chi connectivity index (χ2n) is 8.58. The molecule has 1 atom stereocenters. The molecule has 7 heteroatoms. The predicted octanol–water partition coefficient (Wildman–Crippen LogP) is 4.00. The fourth-order valence-electron chi connectivity index (χ4n) is 4.66. The molecule has 1 aliphatic heterocycles. The maximum absolute atomic E-state index is 13.3. The molecule has 0 unspecified atom stereocenters. The lowest BCUT2D eigenvalue weighted by Gasteiger charge is -2.41. The minimum Gasteiger partial charge on any atom is -0.483 e. The molecule has 1 saturated heterocycles. The molecule has 166 valence electrons. The summed E-state index contributed by atoms with van der Waals surface area (Å²) in [5.74, 6) is 0.756. The Bertz CT molecular complexity index is 1120. The molecule has 0 radical (unpaired) electrons. The number of carbonyl (C=O) groups excluding carboxylic acids is 1. The summed E-state index contributed by atoms with van der Waals surface area (Å²) in [5, 5.41) is 13.8. The lowest BCUT2D eigenvalue weighted by Crippen LogP contribution is -2.53. The average Bonchev–Trinajstić information content (AvgIpc) is 3.21. The number of β-amino-alcohol motifs (C(OH)–C–C–N with tert-alkyl or cyclic N) is 1. The molecule has 2 aliphatic rings. The topological polar surface area (TPSA) is 74.7 Å². The summed E-state index contributed by atoms with van der Waals surface area (Å²) in [5.41, 5.74) is 3.17. The van der Waals surface area contributed by atoms with Gasteiger partial charge in [0.25, 0.3) is 5.91 Å². The van der Waals surface area contributed by atoms with Gasteiger partial charge in [0.1, 0.15) is 10.4 Å². The van der Waals surface area contributed by atoms with E-state index in [-0.39, 0.29) is 18.1 Å². The number of para-hydroxylation sites is 1. The van der Waals surface area contributed by atoms with Gasteiger partial charge in [0.05, 0.1) is 22.9 Å². The second-order valence-corrected chi connectivity index (χ2v) is 9.21. The van der Waals surface area contributed by atoms with Crippen LogP contribution in [0.2, 0.25) is 0 Å². The number of hydrogen-bond acceptors (Lipinski definition) is 5. The van der Waals surface area contributed by atoms with Crippen molar-refractivity contribution in [1.82, 2.24) is 15.2 Å². The zero-order chi connectivity index (χ0) is 22.1. The van der Waals surface area contributed by atoms with E-state index in [0.29, 0.717) is 16.2 Å². The highest BCUT2D eigenvalue weighted by molar-refractivity contribution is 14.1. The van der Waals surface area contributed by atoms with Gasteiger partial charge in [-0.25, -0.2) is 4.98 Å². The molecule has 2 heterocycles. The first-order chi connectivity index (χ1) is 15.6. The Kier molecular flexibility index (Phi) is 6.30. The molecular weight excluding hydrogens is 517 g/mol. The van der Waals surface area contributed by atoms with Crippen LogP contribution in [0.1, 0.15) is 29.6 Å². The number of rotatable bonds is 6. The summed E-state index contributed by atoms with van der Waals surface area (Å²) in [4.78, 5) is 20.4. The minimum atomic E-state index is -0.201. The number of fused-ring (bicyclic) bond motifs is 1.